The maximum atomic E-state index is 12.1. The van der Waals surface area contributed by atoms with Crippen LogP contribution in [0, 0.1) is 0 Å². The van der Waals surface area contributed by atoms with E-state index in [9.17, 15) is 18.3 Å². The molecule has 0 bridgehead atoms. The van der Waals surface area contributed by atoms with E-state index in [4.69, 9.17) is 4.74 Å². The minimum absolute atomic E-state index is 0.0159. The molecular formula is C13H11N2O5S-. The molecule has 2 aromatic rings. The van der Waals surface area contributed by atoms with E-state index in [0.717, 1.165) is 12.3 Å². The Morgan fingerprint density at radius 2 is 1.90 bits per heavy atom. The van der Waals surface area contributed by atoms with Crippen LogP contribution in [0.15, 0.2) is 47.6 Å². The number of aromatic carboxylic acids is 1. The maximum Gasteiger partial charge on any atom is 0.261 e. The summed E-state index contributed by atoms with van der Waals surface area (Å²) < 4.78 is 31.5. The predicted octanol–water partition coefficient (Wildman–Crippen LogP) is 0.254. The van der Waals surface area contributed by atoms with Crippen molar-refractivity contribution < 1.29 is 23.1 Å². The van der Waals surface area contributed by atoms with Crippen molar-refractivity contribution >= 4 is 21.7 Å². The lowest BCUT2D eigenvalue weighted by atomic mass is 10.3. The number of carboxylic acid groups (broad SMARTS) is 1. The van der Waals surface area contributed by atoms with Crippen LogP contribution < -0.4 is 14.6 Å². The van der Waals surface area contributed by atoms with E-state index >= 15 is 0 Å². The zero-order valence-corrected chi connectivity index (χ0v) is 11.8. The molecule has 2 rings (SSSR count). The minimum Gasteiger partial charge on any atom is -0.545 e. The molecule has 7 nitrogen and oxygen atoms in total. The highest BCUT2D eigenvalue weighted by atomic mass is 32.2. The topological polar surface area (TPSA) is 108 Å². The van der Waals surface area contributed by atoms with Gasteiger partial charge in [0, 0.05) is 11.8 Å². The van der Waals surface area contributed by atoms with Crippen LogP contribution in [0.5, 0.6) is 5.75 Å². The molecule has 1 aromatic heterocycles. The van der Waals surface area contributed by atoms with E-state index in [0.29, 0.717) is 5.75 Å². The van der Waals surface area contributed by atoms with Gasteiger partial charge in [0.25, 0.3) is 10.0 Å². The first-order chi connectivity index (χ1) is 9.92. The Balaban J connectivity index is 2.28. The van der Waals surface area contributed by atoms with Crippen LogP contribution in [0.1, 0.15) is 10.4 Å². The maximum absolute atomic E-state index is 12.1. The third kappa shape index (κ3) is 3.48. The summed E-state index contributed by atoms with van der Waals surface area (Å²) in [6.07, 6.45) is 2.27. The van der Waals surface area contributed by atoms with Crippen molar-refractivity contribution in [3.05, 3.63) is 48.3 Å². The summed E-state index contributed by atoms with van der Waals surface area (Å²) in [7, 11) is -2.37. The van der Waals surface area contributed by atoms with Crippen molar-refractivity contribution in [2.24, 2.45) is 0 Å². The number of nitrogens with zero attached hydrogens (tertiary/aromatic N) is 1. The van der Waals surface area contributed by atoms with Crippen LogP contribution in [0.4, 0.5) is 5.69 Å². The fraction of sp³-hybridized carbons (Fsp3) is 0.0769. The third-order valence-corrected chi connectivity index (χ3v) is 3.99. The van der Waals surface area contributed by atoms with Gasteiger partial charge in [0.1, 0.15) is 5.75 Å². The van der Waals surface area contributed by atoms with Gasteiger partial charge in [-0.1, -0.05) is 0 Å². The van der Waals surface area contributed by atoms with Crippen molar-refractivity contribution in [1.82, 2.24) is 4.98 Å². The number of ether oxygens (including phenoxy) is 1. The molecule has 0 saturated heterocycles. The van der Waals surface area contributed by atoms with E-state index in [1.54, 1.807) is 0 Å². The number of methoxy groups -OCH3 is 1. The number of aromatic nitrogens is 1. The first-order valence-corrected chi connectivity index (χ1v) is 7.24. The zero-order valence-electron chi connectivity index (χ0n) is 10.9. The lowest BCUT2D eigenvalue weighted by Gasteiger charge is -2.10. The van der Waals surface area contributed by atoms with Gasteiger partial charge in [-0.2, -0.15) is 0 Å². The Bertz CT molecular complexity index is 756. The third-order valence-electron chi connectivity index (χ3n) is 2.60. The van der Waals surface area contributed by atoms with Gasteiger partial charge < -0.3 is 14.6 Å². The van der Waals surface area contributed by atoms with E-state index < -0.39 is 16.0 Å². The lowest BCUT2D eigenvalue weighted by molar-refractivity contribution is -0.255. The molecule has 0 amide bonds. The van der Waals surface area contributed by atoms with Crippen molar-refractivity contribution in [3.63, 3.8) is 0 Å². The van der Waals surface area contributed by atoms with Crippen molar-refractivity contribution in [2.75, 3.05) is 11.8 Å². The molecule has 1 N–H and O–H groups in total. The Morgan fingerprint density at radius 1 is 1.24 bits per heavy atom. The van der Waals surface area contributed by atoms with Gasteiger partial charge in [0.05, 0.1) is 29.9 Å². The second-order valence-corrected chi connectivity index (χ2v) is 5.71. The number of rotatable bonds is 5. The van der Waals surface area contributed by atoms with E-state index in [1.165, 1.54) is 37.6 Å². The summed E-state index contributed by atoms with van der Waals surface area (Å²) >= 11 is 0. The lowest BCUT2D eigenvalue weighted by Crippen LogP contribution is -2.22. The Hall–Kier alpha value is -2.61. The molecule has 0 atom stereocenters. The molecule has 0 spiro atoms. The fourth-order valence-corrected chi connectivity index (χ4v) is 2.61. The number of carboxylic acids is 1. The molecular weight excluding hydrogens is 296 g/mol. The summed E-state index contributed by atoms with van der Waals surface area (Å²) in [5.74, 6) is -0.914. The first-order valence-electron chi connectivity index (χ1n) is 5.75. The minimum atomic E-state index is -3.84. The number of pyridine rings is 1. The number of benzene rings is 1. The molecule has 8 heteroatoms. The monoisotopic (exact) mass is 307 g/mol. The summed E-state index contributed by atoms with van der Waals surface area (Å²) in [5.41, 5.74) is -0.183. The van der Waals surface area contributed by atoms with Crippen LogP contribution >= 0.6 is 0 Å². The molecule has 0 aliphatic rings. The predicted molar refractivity (Wildman–Crippen MR) is 72.4 cm³/mol. The molecule has 1 aromatic carbocycles. The highest BCUT2D eigenvalue weighted by Crippen LogP contribution is 2.19. The molecule has 110 valence electrons. The normalized spacial score (nSPS) is 10.9. The van der Waals surface area contributed by atoms with Gasteiger partial charge in [0.2, 0.25) is 0 Å². The van der Waals surface area contributed by atoms with E-state index in [-0.39, 0.29) is 16.1 Å². The molecule has 1 heterocycles. The number of sulfonamides is 1. The Labute approximate surface area is 121 Å². The molecule has 0 fully saturated rings. The van der Waals surface area contributed by atoms with Gasteiger partial charge in [-0.3, -0.25) is 9.71 Å². The summed E-state index contributed by atoms with van der Waals surface area (Å²) in [5, 5.41) is 10.7. The van der Waals surface area contributed by atoms with Crippen LogP contribution in [0.25, 0.3) is 0 Å². The highest BCUT2D eigenvalue weighted by Gasteiger charge is 2.14. The fourth-order valence-electron chi connectivity index (χ4n) is 1.58. The summed E-state index contributed by atoms with van der Waals surface area (Å²) in [6, 6.07) is 6.88. The van der Waals surface area contributed by atoms with E-state index in [1.807, 2.05) is 0 Å². The Morgan fingerprint density at radius 3 is 2.48 bits per heavy atom. The standard InChI is InChI=1S/C13H12N2O5S/c1-20-11-2-4-12(5-3-11)21(18,19)15-10-6-9(13(16)17)7-14-8-10/h2-8,15H,1H3,(H,16,17)/p-1. The molecule has 0 radical (unpaired) electrons. The van der Waals surface area contributed by atoms with Crippen LogP contribution in [0.2, 0.25) is 0 Å². The second-order valence-electron chi connectivity index (χ2n) is 4.03. The smallest absolute Gasteiger partial charge is 0.261 e. The first kappa shape index (κ1) is 14.8. The molecule has 0 unspecified atom stereocenters. The number of nitrogens with one attached hydrogen (secondary N) is 1. The SMILES string of the molecule is COc1ccc(S(=O)(=O)Nc2cncc(C(=O)[O-])c2)cc1. The van der Waals surface area contributed by atoms with E-state index in [2.05, 4.69) is 9.71 Å². The van der Waals surface area contributed by atoms with Crippen LogP contribution in [-0.4, -0.2) is 26.5 Å². The summed E-state index contributed by atoms with van der Waals surface area (Å²) in [6.45, 7) is 0. The molecule has 0 aliphatic heterocycles. The second kappa shape index (κ2) is 5.80. The zero-order chi connectivity index (χ0) is 15.5. The largest absolute Gasteiger partial charge is 0.545 e. The van der Waals surface area contributed by atoms with Gasteiger partial charge >= 0.3 is 0 Å². The van der Waals surface area contributed by atoms with Gasteiger partial charge in [-0.25, -0.2) is 8.42 Å². The quantitative estimate of drug-likeness (QED) is 0.848. The number of hydrogen-bond donors (Lipinski definition) is 1. The van der Waals surface area contributed by atoms with Crippen LogP contribution in [0.3, 0.4) is 0 Å². The van der Waals surface area contributed by atoms with Crippen molar-refractivity contribution in [3.8, 4) is 5.75 Å². The van der Waals surface area contributed by atoms with Crippen molar-refractivity contribution in [1.29, 1.82) is 0 Å². The average Bonchev–Trinajstić information content (AvgIpc) is 2.47. The van der Waals surface area contributed by atoms with Gasteiger partial charge in [-0.15, -0.1) is 0 Å². The van der Waals surface area contributed by atoms with Gasteiger partial charge in [0.15, 0.2) is 0 Å². The average molecular weight is 307 g/mol. The molecule has 0 saturated carbocycles. The molecule has 0 aliphatic carbocycles. The Kier molecular flexibility index (Phi) is 4.08. The number of anilines is 1. The highest BCUT2D eigenvalue weighted by molar-refractivity contribution is 7.92. The van der Waals surface area contributed by atoms with Crippen LogP contribution in [-0.2, 0) is 10.0 Å². The number of carbonyl (C=O) groups excluding carboxylic acids is 1. The summed E-state index contributed by atoms with van der Waals surface area (Å²) in [4.78, 5) is 14.4. The van der Waals surface area contributed by atoms with Gasteiger partial charge in [-0.05, 0) is 30.3 Å². The van der Waals surface area contributed by atoms with Crippen molar-refractivity contribution in [2.45, 2.75) is 4.90 Å². The number of hydrogen-bond acceptors (Lipinski definition) is 6. The molecule has 21 heavy (non-hydrogen) atoms. The number of carbonyl (C=O) groups is 1.